The second-order valence-corrected chi connectivity index (χ2v) is 9.64. The molecule has 4 rings (SSSR count). The molecule has 3 N–H and O–H groups in total. The maximum atomic E-state index is 11.0. The third-order valence-corrected chi connectivity index (χ3v) is 7.62. The monoisotopic (exact) mass is 518 g/mol. The number of hydrogen-bond donors (Lipinski definition) is 3. The molecule has 0 aliphatic carbocycles. The average Bonchev–Trinajstić information content (AvgIpc) is 3.39. The summed E-state index contributed by atoms with van der Waals surface area (Å²) in [7, 11) is 0. The Labute approximate surface area is 187 Å². The van der Waals surface area contributed by atoms with Gasteiger partial charge in [0.2, 0.25) is 0 Å². The third kappa shape index (κ3) is 4.37. The SMILES string of the molecule is OCC1OC(Sc2ccc(Cl)c(Br)c2)[C@@H](O)C(n2cc(-c3nccs3)nn2)C1O. The quantitative estimate of drug-likeness (QED) is 0.471. The van der Waals surface area contributed by atoms with Gasteiger partial charge in [0.15, 0.2) is 0 Å². The summed E-state index contributed by atoms with van der Waals surface area (Å²) >= 11 is 12.1. The van der Waals surface area contributed by atoms with Crippen molar-refractivity contribution in [2.24, 2.45) is 0 Å². The van der Waals surface area contributed by atoms with Gasteiger partial charge in [-0.2, -0.15) is 0 Å². The molecule has 1 aromatic carbocycles. The van der Waals surface area contributed by atoms with E-state index in [4.69, 9.17) is 16.3 Å². The number of aliphatic hydroxyl groups is 3. The molecule has 3 aromatic rings. The van der Waals surface area contributed by atoms with E-state index < -0.39 is 36.4 Å². The molecule has 12 heteroatoms. The first-order valence-corrected chi connectivity index (χ1v) is 11.5. The largest absolute Gasteiger partial charge is 0.394 e. The van der Waals surface area contributed by atoms with E-state index >= 15 is 0 Å². The molecule has 0 radical (unpaired) electrons. The van der Waals surface area contributed by atoms with Crippen LogP contribution in [0.25, 0.3) is 10.7 Å². The van der Waals surface area contributed by atoms with Crippen LogP contribution >= 0.6 is 50.6 Å². The minimum absolute atomic E-state index is 0.403. The van der Waals surface area contributed by atoms with Gasteiger partial charge in [0, 0.05) is 20.9 Å². The summed E-state index contributed by atoms with van der Waals surface area (Å²) in [6.07, 6.45) is 0.114. The summed E-state index contributed by atoms with van der Waals surface area (Å²) in [4.78, 5) is 5.00. The van der Waals surface area contributed by atoms with Gasteiger partial charge in [-0.3, -0.25) is 0 Å². The van der Waals surface area contributed by atoms with Crippen molar-refractivity contribution >= 4 is 50.6 Å². The van der Waals surface area contributed by atoms with Gasteiger partial charge in [-0.1, -0.05) is 28.6 Å². The Balaban J connectivity index is 1.61. The zero-order chi connectivity index (χ0) is 20.5. The normalized spacial score (nSPS) is 27.3. The number of thioether (sulfide) groups is 1. The van der Waals surface area contributed by atoms with Gasteiger partial charge in [0.1, 0.15) is 40.5 Å². The van der Waals surface area contributed by atoms with Crippen LogP contribution in [0.5, 0.6) is 0 Å². The molecule has 8 nitrogen and oxygen atoms in total. The van der Waals surface area contributed by atoms with E-state index in [-0.39, 0.29) is 0 Å². The summed E-state index contributed by atoms with van der Waals surface area (Å²) in [6.45, 7) is -0.403. The lowest BCUT2D eigenvalue weighted by Crippen LogP contribution is -2.55. The van der Waals surface area contributed by atoms with Gasteiger partial charge in [-0.25, -0.2) is 9.67 Å². The highest BCUT2D eigenvalue weighted by molar-refractivity contribution is 9.10. The summed E-state index contributed by atoms with van der Waals surface area (Å²) in [5.41, 5.74) is -0.210. The predicted molar refractivity (Wildman–Crippen MR) is 113 cm³/mol. The molecule has 4 unspecified atom stereocenters. The maximum Gasteiger partial charge on any atom is 0.145 e. The smallest absolute Gasteiger partial charge is 0.145 e. The topological polar surface area (TPSA) is 114 Å². The van der Waals surface area contributed by atoms with Crippen molar-refractivity contribution < 1.29 is 20.1 Å². The van der Waals surface area contributed by atoms with E-state index in [2.05, 4.69) is 31.2 Å². The van der Waals surface area contributed by atoms with Crippen LogP contribution in [0.2, 0.25) is 5.02 Å². The second-order valence-electron chi connectivity index (χ2n) is 6.31. The van der Waals surface area contributed by atoms with Gasteiger partial charge in [0.25, 0.3) is 0 Å². The van der Waals surface area contributed by atoms with Crippen LogP contribution in [0, 0.1) is 0 Å². The highest BCUT2D eigenvalue weighted by Gasteiger charge is 2.46. The molecule has 0 amide bonds. The number of nitrogens with zero attached hydrogens (tertiary/aromatic N) is 4. The van der Waals surface area contributed by atoms with Crippen molar-refractivity contribution in [2.75, 3.05) is 6.61 Å². The molecule has 3 heterocycles. The summed E-state index contributed by atoms with van der Waals surface area (Å²) in [6, 6.07) is 4.50. The maximum absolute atomic E-state index is 11.0. The lowest BCUT2D eigenvalue weighted by atomic mass is 9.97. The molecule has 29 heavy (non-hydrogen) atoms. The minimum Gasteiger partial charge on any atom is -0.394 e. The zero-order valence-corrected chi connectivity index (χ0v) is 18.6. The van der Waals surface area contributed by atoms with Crippen LogP contribution in [-0.2, 0) is 4.74 Å². The molecular weight excluding hydrogens is 504 g/mol. The van der Waals surface area contributed by atoms with Crippen molar-refractivity contribution in [3.05, 3.63) is 45.5 Å². The summed E-state index contributed by atoms with van der Waals surface area (Å²) < 4.78 is 7.88. The van der Waals surface area contributed by atoms with Crippen LogP contribution in [0.15, 0.2) is 45.3 Å². The van der Waals surface area contributed by atoms with Crippen LogP contribution < -0.4 is 0 Å². The van der Waals surface area contributed by atoms with Crippen LogP contribution in [0.1, 0.15) is 6.04 Å². The number of ether oxygens (including phenoxy) is 1. The fraction of sp³-hybridized carbons (Fsp3) is 0.353. The fourth-order valence-electron chi connectivity index (χ4n) is 3.03. The highest BCUT2D eigenvalue weighted by atomic mass is 79.9. The number of thiazole rings is 1. The third-order valence-electron chi connectivity index (χ3n) is 4.46. The lowest BCUT2D eigenvalue weighted by Gasteiger charge is -2.41. The van der Waals surface area contributed by atoms with Gasteiger partial charge in [0.05, 0.1) is 17.8 Å². The Morgan fingerprint density at radius 2 is 2.14 bits per heavy atom. The van der Waals surface area contributed by atoms with E-state index in [0.717, 1.165) is 4.90 Å². The molecule has 0 spiro atoms. The standard InChI is InChI=1S/C17H16BrClN4O4S2/c18-9-5-8(1-2-10(9)19)29-17-15(26)13(14(25)12(7-24)27-17)23-6-11(21-22-23)16-20-3-4-28-16/h1-6,12-15,17,24-26H,7H2/t12?,13?,14?,15-,17?/m0/s1. The van der Waals surface area contributed by atoms with Gasteiger partial charge in [-0.05, 0) is 34.1 Å². The number of aromatic nitrogens is 4. The first-order chi connectivity index (χ1) is 14.0. The molecule has 1 fully saturated rings. The number of rotatable bonds is 5. The molecular formula is C17H16BrClN4O4S2. The predicted octanol–water partition coefficient (Wildman–Crippen LogP) is 2.59. The molecule has 154 valence electrons. The summed E-state index contributed by atoms with van der Waals surface area (Å²) in [5, 5.41) is 42.6. The summed E-state index contributed by atoms with van der Waals surface area (Å²) in [5.74, 6) is 0. The average molecular weight is 520 g/mol. The van der Waals surface area contributed by atoms with Crippen LogP contribution in [0.4, 0.5) is 0 Å². The van der Waals surface area contributed by atoms with Crippen molar-refractivity contribution in [1.29, 1.82) is 0 Å². The van der Waals surface area contributed by atoms with E-state index in [1.807, 2.05) is 11.4 Å². The fourth-order valence-corrected chi connectivity index (χ4v) is 5.37. The molecule has 1 aliphatic heterocycles. The van der Waals surface area contributed by atoms with Crippen LogP contribution in [-0.4, -0.2) is 65.7 Å². The molecule has 0 saturated carbocycles. The lowest BCUT2D eigenvalue weighted by molar-refractivity contribution is -0.178. The molecule has 0 bridgehead atoms. The van der Waals surface area contributed by atoms with Crippen LogP contribution in [0.3, 0.4) is 0 Å². The molecule has 5 atom stereocenters. The molecule has 2 aromatic heterocycles. The van der Waals surface area contributed by atoms with E-state index in [9.17, 15) is 15.3 Å². The Morgan fingerprint density at radius 1 is 1.31 bits per heavy atom. The van der Waals surface area contributed by atoms with Gasteiger partial charge < -0.3 is 20.1 Å². The van der Waals surface area contributed by atoms with Crippen molar-refractivity contribution in [3.63, 3.8) is 0 Å². The Morgan fingerprint density at radius 3 is 2.83 bits per heavy atom. The number of hydrogen-bond acceptors (Lipinski definition) is 9. The van der Waals surface area contributed by atoms with Crippen molar-refractivity contribution in [1.82, 2.24) is 20.0 Å². The van der Waals surface area contributed by atoms with Gasteiger partial charge in [-0.15, -0.1) is 16.4 Å². The van der Waals surface area contributed by atoms with Crippen molar-refractivity contribution in [2.45, 2.75) is 34.7 Å². The first-order valence-electron chi connectivity index (χ1n) is 8.54. The second kappa shape index (κ2) is 8.98. The molecule has 1 aliphatic rings. The Hall–Kier alpha value is -1.05. The van der Waals surface area contributed by atoms with E-state index in [1.165, 1.54) is 27.8 Å². The zero-order valence-electron chi connectivity index (χ0n) is 14.7. The minimum atomic E-state index is -1.17. The van der Waals surface area contributed by atoms with Gasteiger partial charge >= 0.3 is 0 Å². The van der Waals surface area contributed by atoms with Crippen molar-refractivity contribution in [3.8, 4) is 10.7 Å². The first kappa shape index (κ1) is 21.2. The number of halogens is 2. The molecule has 1 saturated heterocycles. The number of benzene rings is 1. The number of aliphatic hydroxyl groups excluding tert-OH is 3. The Kier molecular flexibility index (Phi) is 6.56. The van der Waals surface area contributed by atoms with E-state index in [0.29, 0.717) is 20.2 Å². The van der Waals surface area contributed by atoms with E-state index in [1.54, 1.807) is 24.5 Å². The highest BCUT2D eigenvalue weighted by Crippen LogP contribution is 2.39. The Bertz CT molecular complexity index is 976.